The second-order valence-electron chi connectivity index (χ2n) is 8.55. The molecule has 0 fully saturated rings. The number of thiazole rings is 1. The van der Waals surface area contributed by atoms with Crippen LogP contribution in [-0.4, -0.2) is 17.5 Å². The van der Waals surface area contributed by atoms with Gasteiger partial charge in [0, 0.05) is 23.0 Å². The highest BCUT2D eigenvalue weighted by molar-refractivity contribution is 7.21. The second kappa shape index (κ2) is 11.1. The van der Waals surface area contributed by atoms with Crippen molar-refractivity contribution in [1.29, 1.82) is 5.26 Å². The maximum absolute atomic E-state index is 12.8. The zero-order valence-electron chi connectivity index (χ0n) is 20.8. The van der Waals surface area contributed by atoms with Crippen molar-refractivity contribution in [2.75, 3.05) is 11.9 Å². The minimum absolute atomic E-state index is 0.0157. The van der Waals surface area contributed by atoms with E-state index < -0.39 is 5.91 Å². The first-order chi connectivity index (χ1) is 17.4. The molecule has 0 radical (unpaired) electrons. The number of nitrogens with zero attached hydrogens (tertiary/aromatic N) is 2. The summed E-state index contributed by atoms with van der Waals surface area (Å²) in [7, 11) is 0. The van der Waals surface area contributed by atoms with Crippen molar-refractivity contribution in [2.24, 2.45) is 0 Å². The van der Waals surface area contributed by atoms with E-state index in [0.717, 1.165) is 43.4 Å². The summed E-state index contributed by atoms with van der Waals surface area (Å²) in [6, 6.07) is 21.5. The molecule has 0 aliphatic heterocycles. The van der Waals surface area contributed by atoms with Crippen molar-refractivity contribution in [3.63, 3.8) is 0 Å². The topological polar surface area (TPSA) is 87.0 Å². The number of carbonyl (C=O) groups excluding carboxylic acids is 1. The van der Waals surface area contributed by atoms with Gasteiger partial charge in [-0.1, -0.05) is 23.8 Å². The van der Waals surface area contributed by atoms with Gasteiger partial charge in [-0.25, -0.2) is 4.98 Å². The monoisotopic (exact) mass is 496 g/mol. The third-order valence-electron chi connectivity index (χ3n) is 5.70. The Kier molecular flexibility index (Phi) is 7.67. The van der Waals surface area contributed by atoms with Gasteiger partial charge in [-0.2, -0.15) is 5.26 Å². The highest BCUT2D eigenvalue weighted by Gasteiger charge is 2.17. The Hall–Kier alpha value is -4.15. The minimum atomic E-state index is -0.456. The molecule has 182 valence electrons. The van der Waals surface area contributed by atoms with Crippen molar-refractivity contribution >= 4 is 33.1 Å². The fourth-order valence-electron chi connectivity index (χ4n) is 3.81. The summed E-state index contributed by atoms with van der Waals surface area (Å²) in [5, 5.41) is 16.5. The number of nitriles is 1. The fraction of sp³-hybridized carbons (Fsp3) is 0.207. The molecule has 1 amide bonds. The van der Waals surface area contributed by atoms with Crippen molar-refractivity contribution in [3.05, 3.63) is 89.1 Å². The molecule has 2 N–H and O–H groups in total. The molecule has 0 aliphatic carbocycles. The van der Waals surface area contributed by atoms with E-state index in [1.165, 1.54) is 11.8 Å². The second-order valence-corrected chi connectivity index (χ2v) is 9.58. The van der Waals surface area contributed by atoms with E-state index in [4.69, 9.17) is 9.72 Å². The molecule has 36 heavy (non-hydrogen) atoms. The van der Waals surface area contributed by atoms with Gasteiger partial charge in [-0.15, -0.1) is 11.3 Å². The molecule has 7 heteroatoms. The molecule has 0 saturated heterocycles. The maximum Gasteiger partial charge on any atom is 0.263 e. The number of carbonyl (C=O) groups is 1. The van der Waals surface area contributed by atoms with Crippen LogP contribution in [0.2, 0.25) is 0 Å². The van der Waals surface area contributed by atoms with Gasteiger partial charge in [0.05, 0.1) is 22.9 Å². The lowest BCUT2D eigenvalue weighted by atomic mass is 10.0. The van der Waals surface area contributed by atoms with Crippen LogP contribution in [0, 0.1) is 25.2 Å². The Balaban J connectivity index is 1.44. The van der Waals surface area contributed by atoms with E-state index in [0.29, 0.717) is 6.61 Å². The molecular formula is C29H28N4O2S. The number of hydrogen-bond donors (Lipinski definition) is 2. The Morgan fingerprint density at radius 2 is 1.83 bits per heavy atom. The van der Waals surface area contributed by atoms with E-state index in [1.807, 2.05) is 75.4 Å². The van der Waals surface area contributed by atoms with E-state index in [1.54, 1.807) is 11.3 Å². The number of nitrogens with one attached hydrogen (secondary N) is 2. The summed E-state index contributed by atoms with van der Waals surface area (Å²) in [5.74, 6) is 0.266. The number of fused-ring (bicyclic) bond motifs is 1. The first-order valence-electron chi connectivity index (χ1n) is 11.8. The number of amides is 1. The number of ether oxygens (including phenoxy) is 1. The molecule has 4 aromatic rings. The first-order valence-corrected chi connectivity index (χ1v) is 12.6. The molecule has 0 spiro atoms. The van der Waals surface area contributed by atoms with Crippen LogP contribution in [-0.2, 0) is 4.79 Å². The summed E-state index contributed by atoms with van der Waals surface area (Å²) in [5.41, 5.74) is 5.90. The van der Waals surface area contributed by atoms with Gasteiger partial charge in [0.15, 0.2) is 0 Å². The summed E-state index contributed by atoms with van der Waals surface area (Å²) in [4.78, 5) is 17.5. The number of hydrogen-bond acceptors (Lipinski definition) is 6. The van der Waals surface area contributed by atoms with E-state index in [2.05, 4.69) is 29.7 Å². The first kappa shape index (κ1) is 25.0. The van der Waals surface area contributed by atoms with E-state index in [9.17, 15) is 10.1 Å². The highest BCUT2D eigenvalue weighted by atomic mass is 32.1. The Morgan fingerprint density at radius 1 is 1.11 bits per heavy atom. The normalized spacial score (nSPS) is 12.1. The van der Waals surface area contributed by atoms with Crippen molar-refractivity contribution < 1.29 is 9.53 Å². The number of benzene rings is 3. The lowest BCUT2D eigenvalue weighted by molar-refractivity contribution is -0.117. The smallest absolute Gasteiger partial charge is 0.263 e. The van der Waals surface area contributed by atoms with Crippen LogP contribution in [0.3, 0.4) is 0 Å². The molecule has 1 atom stereocenters. The van der Waals surface area contributed by atoms with Crippen LogP contribution in [0.5, 0.6) is 5.75 Å². The summed E-state index contributed by atoms with van der Waals surface area (Å²) in [6.07, 6.45) is 1.43. The number of anilines is 1. The predicted molar refractivity (Wildman–Crippen MR) is 146 cm³/mol. The van der Waals surface area contributed by atoms with Crippen molar-refractivity contribution in [1.82, 2.24) is 10.3 Å². The van der Waals surface area contributed by atoms with Crippen molar-refractivity contribution in [2.45, 2.75) is 33.7 Å². The van der Waals surface area contributed by atoms with Crippen LogP contribution < -0.4 is 15.4 Å². The summed E-state index contributed by atoms with van der Waals surface area (Å²) >= 11 is 1.66. The van der Waals surface area contributed by atoms with Crippen molar-refractivity contribution in [3.8, 4) is 22.4 Å². The van der Waals surface area contributed by atoms with Crippen LogP contribution in [0.1, 0.15) is 36.6 Å². The molecule has 0 bridgehead atoms. The third kappa shape index (κ3) is 5.73. The Bertz CT molecular complexity index is 1470. The average Bonchev–Trinajstić information content (AvgIpc) is 3.29. The van der Waals surface area contributed by atoms with Crippen LogP contribution in [0.4, 0.5) is 5.69 Å². The minimum Gasteiger partial charge on any atom is -0.494 e. The molecule has 1 aromatic heterocycles. The summed E-state index contributed by atoms with van der Waals surface area (Å²) in [6.45, 7) is 8.38. The lowest BCUT2D eigenvalue weighted by Crippen LogP contribution is -2.28. The predicted octanol–water partition coefficient (Wildman–Crippen LogP) is 6.68. The van der Waals surface area contributed by atoms with Crippen LogP contribution in [0.25, 0.3) is 20.8 Å². The zero-order chi connectivity index (χ0) is 25.7. The zero-order valence-corrected chi connectivity index (χ0v) is 21.6. The van der Waals surface area contributed by atoms with Gasteiger partial charge in [0.25, 0.3) is 5.91 Å². The summed E-state index contributed by atoms with van der Waals surface area (Å²) < 4.78 is 6.86. The van der Waals surface area contributed by atoms with Gasteiger partial charge in [-0.05, 0) is 75.7 Å². The molecule has 0 aliphatic rings. The van der Waals surface area contributed by atoms with Gasteiger partial charge in [-0.3, -0.25) is 4.79 Å². The lowest BCUT2D eigenvalue weighted by Gasteiger charge is -2.18. The molecule has 0 saturated carbocycles. The molecule has 3 aromatic carbocycles. The average molecular weight is 497 g/mol. The number of rotatable bonds is 8. The molecular weight excluding hydrogens is 468 g/mol. The third-order valence-corrected chi connectivity index (χ3v) is 6.77. The van der Waals surface area contributed by atoms with E-state index in [-0.39, 0.29) is 11.6 Å². The van der Waals surface area contributed by atoms with Gasteiger partial charge in [0.2, 0.25) is 0 Å². The van der Waals surface area contributed by atoms with Crippen LogP contribution in [0.15, 0.2) is 72.4 Å². The molecule has 1 unspecified atom stereocenters. The van der Waals surface area contributed by atoms with Gasteiger partial charge < -0.3 is 15.4 Å². The number of aryl methyl sites for hydroxylation is 2. The quantitative estimate of drug-likeness (QED) is 0.210. The van der Waals surface area contributed by atoms with Gasteiger partial charge in [0.1, 0.15) is 22.4 Å². The Morgan fingerprint density at radius 3 is 2.56 bits per heavy atom. The molecule has 4 rings (SSSR count). The van der Waals surface area contributed by atoms with E-state index >= 15 is 0 Å². The maximum atomic E-state index is 12.8. The SMILES string of the molecule is CCOc1ccc(C)cc1C(C)NC(=O)/C(C#N)=C\Nc1ccc(-c2nc3ccc(C)cc3s2)cc1. The Labute approximate surface area is 215 Å². The molecule has 1 heterocycles. The van der Waals surface area contributed by atoms with Crippen LogP contribution >= 0.6 is 11.3 Å². The van der Waals surface area contributed by atoms with Gasteiger partial charge >= 0.3 is 0 Å². The standard InChI is InChI=1S/C29H28N4O2S/c1-5-35-26-13-7-18(2)14-24(26)20(4)32-28(34)22(16-30)17-31-23-10-8-21(9-11-23)29-33-25-12-6-19(3)15-27(25)36-29/h6-15,17,20,31H,5H2,1-4H3,(H,32,34)/b22-17-. The fourth-order valence-corrected chi connectivity index (χ4v) is 4.88. The molecule has 6 nitrogen and oxygen atoms in total. The largest absolute Gasteiger partial charge is 0.494 e. The number of aromatic nitrogens is 1. The highest BCUT2D eigenvalue weighted by Crippen LogP contribution is 2.31.